The minimum Gasteiger partial charge on any atom is -0.480 e. The van der Waals surface area contributed by atoms with Crippen LogP contribution in [0.15, 0.2) is 49.4 Å². The van der Waals surface area contributed by atoms with Gasteiger partial charge < -0.3 is 29.8 Å². The summed E-state index contributed by atoms with van der Waals surface area (Å²) in [5.74, 6) is -1.26. The van der Waals surface area contributed by atoms with E-state index in [0.29, 0.717) is 6.61 Å². The van der Waals surface area contributed by atoms with Crippen molar-refractivity contribution in [2.45, 2.75) is 103 Å². The Labute approximate surface area is 260 Å². The Morgan fingerprint density at radius 2 is 1.73 bits per heavy atom. The molecule has 1 aliphatic rings. The van der Waals surface area contributed by atoms with Crippen LogP contribution in [0.2, 0.25) is 0 Å². The number of ether oxygens (including phenoxy) is 2. The van der Waals surface area contributed by atoms with Crippen molar-refractivity contribution < 1.29 is 33.8 Å². The Morgan fingerprint density at radius 3 is 2.25 bits per heavy atom. The summed E-state index contributed by atoms with van der Waals surface area (Å²) in [6, 6.07) is 8.24. The van der Waals surface area contributed by atoms with Gasteiger partial charge in [-0.3, -0.25) is 9.59 Å². The molecule has 0 saturated heterocycles. The Kier molecular flexibility index (Phi) is 13.8. The molecule has 0 aliphatic heterocycles. The largest absolute Gasteiger partial charge is 0.480 e. The van der Waals surface area contributed by atoms with Crippen molar-refractivity contribution in [3.8, 4) is 0 Å². The van der Waals surface area contributed by atoms with E-state index < -0.39 is 41.2 Å². The van der Waals surface area contributed by atoms with E-state index in [1.165, 1.54) is 27.2 Å². The Morgan fingerprint density at radius 1 is 1.09 bits per heavy atom. The van der Waals surface area contributed by atoms with Crippen LogP contribution in [0.5, 0.6) is 0 Å². The number of imidazole rings is 1. The molecule has 1 fully saturated rings. The van der Waals surface area contributed by atoms with Gasteiger partial charge in [-0.2, -0.15) is 0 Å². The first kappa shape index (κ1) is 36.2. The molecule has 3 rings (SSSR count). The van der Waals surface area contributed by atoms with Gasteiger partial charge in [-0.25, -0.2) is 14.6 Å². The number of ketones is 1. The van der Waals surface area contributed by atoms with Gasteiger partial charge in [0, 0.05) is 6.20 Å². The van der Waals surface area contributed by atoms with Crippen molar-refractivity contribution in [3.05, 3.63) is 60.7 Å². The van der Waals surface area contributed by atoms with Crippen molar-refractivity contribution >= 4 is 29.8 Å². The smallest absolute Gasteiger partial charge is 0.408 e. The molecule has 11 heteroatoms. The summed E-state index contributed by atoms with van der Waals surface area (Å²) in [7, 11) is 0. The standard InChI is InChI=1S/C20H30N2O5.C13H18N2O2/c1-14(23)16(13-26-12-15-10-8-7-9-11-15)21-17(24)20(5,6)22-18(25)27-19(2,3)4;1-2-11-8-15(9-14-11)12(13(16)17)10-6-4-3-5-7-10/h7-11,16H,12-13H2,1-6H3,(H,21,24)(H,22,25);2,8-10,12H,1,3-7H2,(H,16,17)/t16-;/m1./s1. The van der Waals surface area contributed by atoms with Gasteiger partial charge in [-0.1, -0.05) is 56.2 Å². The number of alkyl carbamates (subject to hydrolysis) is 1. The Hall–Kier alpha value is -3.99. The zero-order valence-electron chi connectivity index (χ0n) is 26.8. The van der Waals surface area contributed by atoms with E-state index in [0.717, 1.165) is 36.9 Å². The highest BCUT2D eigenvalue weighted by atomic mass is 16.6. The van der Waals surface area contributed by atoms with Crippen molar-refractivity contribution in [1.82, 2.24) is 20.2 Å². The highest BCUT2D eigenvalue weighted by Gasteiger charge is 2.34. The summed E-state index contributed by atoms with van der Waals surface area (Å²) in [4.78, 5) is 51.8. The van der Waals surface area contributed by atoms with Crippen molar-refractivity contribution in [2.24, 2.45) is 5.92 Å². The number of nitrogens with zero attached hydrogens (tertiary/aromatic N) is 2. The SMILES string of the molecule is C=Cc1cn(C(C(=O)O)C2CCCCC2)cn1.CC(=O)[C@@H](COCc1ccccc1)NC(=O)C(C)(C)NC(=O)OC(C)(C)C. The lowest BCUT2D eigenvalue weighted by Crippen LogP contribution is -2.58. The molecule has 0 bridgehead atoms. The highest BCUT2D eigenvalue weighted by Crippen LogP contribution is 2.33. The fourth-order valence-electron chi connectivity index (χ4n) is 4.72. The minimum atomic E-state index is -1.25. The lowest BCUT2D eigenvalue weighted by molar-refractivity contribution is -0.143. The van der Waals surface area contributed by atoms with Crippen LogP contribution in [0.1, 0.15) is 90.9 Å². The second-order valence-corrected chi connectivity index (χ2v) is 12.5. The molecule has 44 heavy (non-hydrogen) atoms. The third-order valence-corrected chi connectivity index (χ3v) is 7.07. The number of carbonyl (C=O) groups is 4. The fourth-order valence-corrected chi connectivity index (χ4v) is 4.72. The van der Waals surface area contributed by atoms with Gasteiger partial charge in [0.05, 0.1) is 25.2 Å². The number of Topliss-reactive ketones (excluding diaryl/α,β-unsaturated/α-hetero) is 1. The van der Waals surface area contributed by atoms with Crippen LogP contribution in [-0.2, 0) is 30.5 Å². The molecule has 1 aliphatic carbocycles. The number of carbonyl (C=O) groups excluding carboxylic acids is 3. The molecular weight excluding hydrogens is 564 g/mol. The zero-order valence-corrected chi connectivity index (χ0v) is 26.8. The molecule has 242 valence electrons. The number of rotatable bonds is 12. The van der Waals surface area contributed by atoms with E-state index in [-0.39, 0.29) is 18.3 Å². The first-order valence-corrected chi connectivity index (χ1v) is 15.0. The third kappa shape index (κ3) is 12.3. The molecule has 2 atom stereocenters. The van der Waals surface area contributed by atoms with Gasteiger partial charge in [-0.15, -0.1) is 0 Å². The van der Waals surface area contributed by atoms with Gasteiger partial charge in [-0.05, 0) is 71.9 Å². The number of hydrogen-bond donors (Lipinski definition) is 3. The average molecular weight is 613 g/mol. The molecule has 2 aromatic rings. The summed E-state index contributed by atoms with van der Waals surface area (Å²) in [5.41, 5.74) is -0.232. The topological polar surface area (TPSA) is 149 Å². The average Bonchev–Trinajstić information content (AvgIpc) is 3.41. The highest BCUT2D eigenvalue weighted by molar-refractivity contribution is 5.93. The predicted molar refractivity (Wildman–Crippen MR) is 168 cm³/mol. The third-order valence-electron chi connectivity index (χ3n) is 7.07. The van der Waals surface area contributed by atoms with E-state index in [1.807, 2.05) is 30.3 Å². The maximum absolute atomic E-state index is 12.5. The maximum atomic E-state index is 12.5. The molecule has 1 saturated carbocycles. The lowest BCUT2D eigenvalue weighted by atomic mass is 9.84. The van der Waals surface area contributed by atoms with Crippen LogP contribution in [-0.4, -0.2) is 62.2 Å². The number of nitrogens with one attached hydrogen (secondary N) is 2. The van der Waals surface area contributed by atoms with E-state index in [4.69, 9.17) is 9.47 Å². The van der Waals surface area contributed by atoms with Crippen LogP contribution in [0.25, 0.3) is 6.08 Å². The van der Waals surface area contributed by atoms with Crippen molar-refractivity contribution in [1.29, 1.82) is 0 Å². The van der Waals surface area contributed by atoms with Crippen LogP contribution in [0.3, 0.4) is 0 Å². The number of aromatic nitrogens is 2. The molecule has 1 unspecified atom stereocenters. The van der Waals surface area contributed by atoms with Gasteiger partial charge in [0.25, 0.3) is 0 Å². The molecule has 11 nitrogen and oxygen atoms in total. The first-order chi connectivity index (χ1) is 20.6. The fraction of sp³-hybridized carbons (Fsp3) is 0.545. The molecule has 0 radical (unpaired) electrons. The number of carboxylic acid groups (broad SMARTS) is 1. The van der Waals surface area contributed by atoms with E-state index in [1.54, 1.807) is 43.9 Å². The molecule has 3 N–H and O–H groups in total. The summed E-state index contributed by atoms with van der Waals surface area (Å²) in [6.07, 6.45) is 9.79. The first-order valence-electron chi connectivity index (χ1n) is 15.0. The van der Waals surface area contributed by atoms with E-state index in [9.17, 15) is 24.3 Å². The van der Waals surface area contributed by atoms with Crippen molar-refractivity contribution in [3.63, 3.8) is 0 Å². The van der Waals surface area contributed by atoms with Gasteiger partial charge in [0.1, 0.15) is 23.2 Å². The molecule has 2 amide bonds. The predicted octanol–water partition coefficient (Wildman–Crippen LogP) is 5.31. The molecule has 1 heterocycles. The summed E-state index contributed by atoms with van der Waals surface area (Å²) < 4.78 is 12.4. The molecule has 1 aromatic carbocycles. The molecule has 0 spiro atoms. The Bertz CT molecular complexity index is 1240. The Balaban J connectivity index is 0.000000338. The van der Waals surface area contributed by atoms with E-state index in [2.05, 4.69) is 22.2 Å². The van der Waals surface area contributed by atoms with Crippen molar-refractivity contribution in [2.75, 3.05) is 6.61 Å². The van der Waals surface area contributed by atoms with Gasteiger partial charge in [0.2, 0.25) is 5.91 Å². The van der Waals surface area contributed by atoms with Crippen LogP contribution in [0, 0.1) is 5.92 Å². The number of aliphatic carboxylic acids is 1. The summed E-state index contributed by atoms with van der Waals surface area (Å²) in [6.45, 7) is 13.7. The molecular formula is C33H48N4O7. The zero-order chi connectivity index (χ0) is 32.9. The second kappa shape index (κ2) is 16.7. The number of amides is 2. The van der Waals surface area contributed by atoms with Crippen LogP contribution in [0.4, 0.5) is 4.79 Å². The number of carboxylic acids is 1. The minimum absolute atomic E-state index is 0.0402. The quantitative estimate of drug-likeness (QED) is 0.292. The van der Waals surface area contributed by atoms with Crippen LogP contribution >= 0.6 is 0 Å². The monoisotopic (exact) mass is 612 g/mol. The normalized spacial score (nSPS) is 15.1. The number of benzene rings is 1. The second-order valence-electron chi connectivity index (χ2n) is 12.5. The van der Waals surface area contributed by atoms with Gasteiger partial charge in [0.15, 0.2) is 5.78 Å². The van der Waals surface area contributed by atoms with E-state index >= 15 is 0 Å². The lowest BCUT2D eigenvalue weighted by Gasteiger charge is -2.29. The van der Waals surface area contributed by atoms with Crippen LogP contribution < -0.4 is 10.6 Å². The summed E-state index contributed by atoms with van der Waals surface area (Å²) >= 11 is 0. The maximum Gasteiger partial charge on any atom is 0.408 e. The number of hydrogen-bond acceptors (Lipinski definition) is 7. The van der Waals surface area contributed by atoms with Gasteiger partial charge >= 0.3 is 12.1 Å². The molecule has 1 aromatic heterocycles. The summed E-state index contributed by atoms with van der Waals surface area (Å²) in [5, 5.41) is 14.5.